The maximum absolute atomic E-state index is 12.9. The molecular formula is C27H37N3O7. The summed E-state index contributed by atoms with van der Waals surface area (Å²) in [6, 6.07) is 7.72. The SMILES string of the molecule is CC1COC(=O)C(NC(=O)OCc2ccccc2)CC=CCC(CC(=O)NC2(CO)CCCC2)C(=O)N1. The lowest BCUT2D eigenvalue weighted by Crippen LogP contribution is -2.50. The molecule has 10 nitrogen and oxygen atoms in total. The van der Waals surface area contributed by atoms with Crippen molar-refractivity contribution in [3.8, 4) is 0 Å². The van der Waals surface area contributed by atoms with E-state index in [2.05, 4.69) is 16.0 Å². The summed E-state index contributed by atoms with van der Waals surface area (Å²) in [5.74, 6) is -1.86. The number of amides is 3. The Labute approximate surface area is 217 Å². The Morgan fingerprint density at radius 2 is 1.84 bits per heavy atom. The zero-order valence-corrected chi connectivity index (χ0v) is 21.2. The number of esters is 1. The van der Waals surface area contributed by atoms with Crippen LogP contribution in [-0.2, 0) is 30.5 Å². The van der Waals surface area contributed by atoms with Gasteiger partial charge in [0.05, 0.1) is 24.1 Å². The normalized spacial score (nSPS) is 24.1. The van der Waals surface area contributed by atoms with Gasteiger partial charge in [0.25, 0.3) is 0 Å². The molecule has 0 aromatic heterocycles. The number of alkyl carbamates (subject to hydrolysis) is 1. The molecular weight excluding hydrogens is 478 g/mol. The topological polar surface area (TPSA) is 143 Å². The molecule has 1 aromatic carbocycles. The van der Waals surface area contributed by atoms with Crippen LogP contribution in [-0.4, -0.2) is 59.8 Å². The van der Waals surface area contributed by atoms with Gasteiger partial charge in [-0.3, -0.25) is 9.59 Å². The fraction of sp³-hybridized carbons (Fsp3) is 0.556. The molecule has 202 valence electrons. The minimum absolute atomic E-state index is 0.0298. The van der Waals surface area contributed by atoms with Gasteiger partial charge in [0.1, 0.15) is 19.3 Å². The number of hydrogen-bond acceptors (Lipinski definition) is 7. The van der Waals surface area contributed by atoms with E-state index in [0.29, 0.717) is 0 Å². The van der Waals surface area contributed by atoms with E-state index < -0.39 is 35.6 Å². The van der Waals surface area contributed by atoms with Crippen LogP contribution in [0.4, 0.5) is 4.79 Å². The molecule has 1 fully saturated rings. The summed E-state index contributed by atoms with van der Waals surface area (Å²) in [5, 5.41) is 18.1. The van der Waals surface area contributed by atoms with Gasteiger partial charge in [0, 0.05) is 6.42 Å². The van der Waals surface area contributed by atoms with Crippen molar-refractivity contribution in [3.63, 3.8) is 0 Å². The highest BCUT2D eigenvalue weighted by Gasteiger charge is 2.35. The maximum Gasteiger partial charge on any atom is 0.408 e. The maximum atomic E-state index is 12.9. The number of carbonyl (C=O) groups is 4. The fourth-order valence-corrected chi connectivity index (χ4v) is 4.55. The van der Waals surface area contributed by atoms with Gasteiger partial charge in [0.2, 0.25) is 11.8 Å². The van der Waals surface area contributed by atoms with Crippen LogP contribution in [0.15, 0.2) is 42.5 Å². The van der Waals surface area contributed by atoms with Gasteiger partial charge in [0.15, 0.2) is 0 Å². The third kappa shape index (κ3) is 8.89. The van der Waals surface area contributed by atoms with Gasteiger partial charge in [-0.15, -0.1) is 0 Å². The van der Waals surface area contributed by atoms with Gasteiger partial charge in [-0.05, 0) is 38.2 Å². The lowest BCUT2D eigenvalue weighted by Gasteiger charge is -2.29. The molecule has 0 bridgehead atoms. The number of nitrogens with one attached hydrogen (secondary N) is 3. The molecule has 3 atom stereocenters. The van der Waals surface area contributed by atoms with Gasteiger partial charge < -0.3 is 30.5 Å². The number of benzene rings is 1. The monoisotopic (exact) mass is 515 g/mol. The lowest BCUT2D eigenvalue weighted by atomic mass is 9.95. The Morgan fingerprint density at radius 1 is 1.14 bits per heavy atom. The summed E-state index contributed by atoms with van der Waals surface area (Å²) in [4.78, 5) is 50.5. The molecule has 3 amide bonds. The van der Waals surface area contributed by atoms with E-state index in [1.54, 1.807) is 19.1 Å². The number of cyclic esters (lactones) is 1. The van der Waals surface area contributed by atoms with E-state index in [0.717, 1.165) is 31.2 Å². The van der Waals surface area contributed by atoms with Crippen LogP contribution in [0.5, 0.6) is 0 Å². The van der Waals surface area contributed by atoms with Crippen LogP contribution in [0.2, 0.25) is 0 Å². The molecule has 10 heteroatoms. The molecule has 0 spiro atoms. The minimum Gasteiger partial charge on any atom is -0.462 e. The molecule has 1 aliphatic carbocycles. The van der Waals surface area contributed by atoms with Gasteiger partial charge in [-0.25, -0.2) is 9.59 Å². The van der Waals surface area contributed by atoms with Gasteiger partial charge in [-0.2, -0.15) is 0 Å². The number of aliphatic hydroxyl groups excluding tert-OH is 1. The lowest BCUT2D eigenvalue weighted by molar-refractivity contribution is -0.147. The molecule has 0 radical (unpaired) electrons. The molecule has 1 aliphatic heterocycles. The zero-order chi connectivity index (χ0) is 26.7. The quantitative estimate of drug-likeness (QED) is 0.322. The molecule has 3 rings (SSSR count). The van der Waals surface area contributed by atoms with E-state index >= 15 is 0 Å². The van der Waals surface area contributed by atoms with Crippen LogP contribution in [0.25, 0.3) is 0 Å². The minimum atomic E-state index is -0.963. The van der Waals surface area contributed by atoms with Crippen molar-refractivity contribution in [1.29, 1.82) is 0 Å². The largest absolute Gasteiger partial charge is 0.462 e. The van der Waals surface area contributed by atoms with Crippen molar-refractivity contribution in [3.05, 3.63) is 48.0 Å². The average Bonchev–Trinajstić information content (AvgIpc) is 3.35. The third-order valence-electron chi connectivity index (χ3n) is 6.68. The molecule has 1 saturated carbocycles. The van der Waals surface area contributed by atoms with Crippen molar-refractivity contribution in [1.82, 2.24) is 16.0 Å². The first-order valence-corrected chi connectivity index (χ1v) is 12.8. The van der Waals surface area contributed by atoms with Crippen molar-refractivity contribution in [2.24, 2.45) is 5.92 Å². The summed E-state index contributed by atoms with van der Waals surface area (Å²) >= 11 is 0. The standard InChI is InChI=1S/C27H37N3O7/c1-19-16-36-25(34)22(29-26(35)37-17-20-9-3-2-4-10-20)12-6-5-11-21(24(33)28-19)15-23(32)30-27(18-31)13-7-8-14-27/h2-6,9-10,19,21-22,31H,7-8,11-18H2,1H3,(H,28,33)(H,29,35)(H,30,32). The third-order valence-corrected chi connectivity index (χ3v) is 6.68. The molecule has 37 heavy (non-hydrogen) atoms. The summed E-state index contributed by atoms with van der Waals surface area (Å²) in [6.07, 6.45) is 6.37. The summed E-state index contributed by atoms with van der Waals surface area (Å²) in [5.41, 5.74) is 0.209. The van der Waals surface area contributed by atoms with Crippen molar-refractivity contribution >= 4 is 23.9 Å². The average molecular weight is 516 g/mol. The number of rotatable bonds is 7. The molecule has 1 heterocycles. The van der Waals surface area contributed by atoms with Crippen LogP contribution < -0.4 is 16.0 Å². The second-order valence-corrected chi connectivity index (χ2v) is 9.84. The van der Waals surface area contributed by atoms with Crippen molar-refractivity contribution in [2.45, 2.75) is 76.1 Å². The van der Waals surface area contributed by atoms with Crippen molar-refractivity contribution < 1.29 is 33.8 Å². The van der Waals surface area contributed by atoms with Crippen LogP contribution in [0.1, 0.15) is 57.4 Å². The highest BCUT2D eigenvalue weighted by atomic mass is 16.6. The van der Waals surface area contributed by atoms with E-state index in [1.165, 1.54) is 0 Å². The van der Waals surface area contributed by atoms with Crippen LogP contribution in [0, 0.1) is 5.92 Å². The summed E-state index contributed by atoms with van der Waals surface area (Å²) in [6.45, 7) is 1.55. The molecule has 1 aromatic rings. The first-order valence-electron chi connectivity index (χ1n) is 12.8. The molecule has 2 aliphatic rings. The van der Waals surface area contributed by atoms with E-state index in [-0.39, 0.29) is 50.9 Å². The van der Waals surface area contributed by atoms with Crippen LogP contribution in [0.3, 0.4) is 0 Å². The highest BCUT2D eigenvalue weighted by molar-refractivity contribution is 5.86. The fourth-order valence-electron chi connectivity index (χ4n) is 4.55. The number of aliphatic hydroxyl groups is 1. The van der Waals surface area contributed by atoms with E-state index in [9.17, 15) is 24.3 Å². The second-order valence-electron chi connectivity index (χ2n) is 9.84. The Hall–Kier alpha value is -3.40. The second kappa shape index (κ2) is 13.8. The Morgan fingerprint density at radius 3 is 2.54 bits per heavy atom. The Kier molecular flexibility index (Phi) is 10.5. The number of carbonyl (C=O) groups excluding carboxylic acids is 4. The number of allylic oxidation sites excluding steroid dienone is 1. The Bertz CT molecular complexity index is 960. The predicted molar refractivity (Wildman–Crippen MR) is 135 cm³/mol. The first-order chi connectivity index (χ1) is 17.8. The number of hydrogen-bond donors (Lipinski definition) is 4. The predicted octanol–water partition coefficient (Wildman–Crippen LogP) is 2.11. The zero-order valence-electron chi connectivity index (χ0n) is 21.2. The molecule has 4 N–H and O–H groups in total. The highest BCUT2D eigenvalue weighted by Crippen LogP contribution is 2.29. The number of ether oxygens (including phenoxy) is 2. The smallest absolute Gasteiger partial charge is 0.408 e. The van der Waals surface area contributed by atoms with Gasteiger partial charge >= 0.3 is 12.1 Å². The summed E-state index contributed by atoms with van der Waals surface area (Å²) in [7, 11) is 0. The van der Waals surface area contributed by atoms with E-state index in [4.69, 9.17) is 9.47 Å². The summed E-state index contributed by atoms with van der Waals surface area (Å²) < 4.78 is 10.5. The van der Waals surface area contributed by atoms with Crippen LogP contribution >= 0.6 is 0 Å². The van der Waals surface area contributed by atoms with Gasteiger partial charge in [-0.1, -0.05) is 55.3 Å². The van der Waals surface area contributed by atoms with Crippen molar-refractivity contribution in [2.75, 3.05) is 13.2 Å². The first kappa shape index (κ1) is 28.2. The molecule has 0 saturated heterocycles. The molecule has 3 unspecified atom stereocenters. The van der Waals surface area contributed by atoms with E-state index in [1.807, 2.05) is 30.3 Å². The Balaban J connectivity index is 1.60.